The molecule has 140 valence electrons. The normalized spacial score (nSPS) is 10.8. The van der Waals surface area contributed by atoms with Crippen LogP contribution < -0.4 is 0 Å². The molecule has 0 saturated heterocycles. The van der Waals surface area contributed by atoms with E-state index in [1.54, 1.807) is 11.9 Å². The van der Waals surface area contributed by atoms with E-state index in [2.05, 4.69) is 10.2 Å². The summed E-state index contributed by atoms with van der Waals surface area (Å²) in [5.74, 6) is 1.16. The Balaban J connectivity index is 1.64. The first-order valence-corrected chi connectivity index (χ1v) is 10.0. The van der Waals surface area contributed by atoms with Gasteiger partial charge >= 0.3 is 0 Å². The SMILES string of the molecule is CCn1c(SCC(=O)N(C)Cc2cccc(Cl)c2)nnc1-c1ccccc1. The molecule has 1 amide bonds. The van der Waals surface area contributed by atoms with E-state index in [-0.39, 0.29) is 5.91 Å². The molecule has 1 heterocycles. The first-order valence-electron chi connectivity index (χ1n) is 8.68. The Labute approximate surface area is 168 Å². The third-order valence-corrected chi connectivity index (χ3v) is 5.31. The van der Waals surface area contributed by atoms with Gasteiger partial charge in [-0.15, -0.1) is 10.2 Å². The summed E-state index contributed by atoms with van der Waals surface area (Å²) in [6, 6.07) is 17.5. The van der Waals surface area contributed by atoms with Gasteiger partial charge in [-0.2, -0.15) is 0 Å². The molecule has 0 radical (unpaired) electrons. The number of carbonyl (C=O) groups excluding carboxylic acids is 1. The van der Waals surface area contributed by atoms with Crippen molar-refractivity contribution in [2.75, 3.05) is 12.8 Å². The molecule has 1 aromatic heterocycles. The van der Waals surface area contributed by atoms with E-state index in [1.165, 1.54) is 11.8 Å². The maximum absolute atomic E-state index is 12.5. The molecule has 27 heavy (non-hydrogen) atoms. The van der Waals surface area contributed by atoms with Gasteiger partial charge in [0, 0.05) is 30.7 Å². The van der Waals surface area contributed by atoms with E-state index in [0.717, 1.165) is 28.7 Å². The lowest BCUT2D eigenvalue weighted by atomic mass is 10.2. The molecular formula is C20H21ClN4OS. The van der Waals surface area contributed by atoms with E-state index in [0.29, 0.717) is 17.3 Å². The lowest BCUT2D eigenvalue weighted by molar-refractivity contribution is -0.127. The van der Waals surface area contributed by atoms with Gasteiger partial charge in [0.25, 0.3) is 0 Å². The average Bonchev–Trinajstić information content (AvgIpc) is 3.09. The van der Waals surface area contributed by atoms with Crippen LogP contribution in [0.15, 0.2) is 59.8 Å². The van der Waals surface area contributed by atoms with Gasteiger partial charge in [0.15, 0.2) is 11.0 Å². The van der Waals surface area contributed by atoms with Gasteiger partial charge < -0.3 is 9.47 Å². The Kier molecular flexibility index (Phi) is 6.53. The van der Waals surface area contributed by atoms with Crippen molar-refractivity contribution < 1.29 is 4.79 Å². The van der Waals surface area contributed by atoms with Crippen LogP contribution in [0.5, 0.6) is 0 Å². The monoisotopic (exact) mass is 400 g/mol. The molecule has 0 fully saturated rings. The van der Waals surface area contributed by atoms with Crippen LogP contribution in [-0.4, -0.2) is 38.4 Å². The number of benzene rings is 2. The third kappa shape index (κ3) is 4.90. The number of halogens is 1. The van der Waals surface area contributed by atoms with E-state index < -0.39 is 0 Å². The second-order valence-corrected chi connectivity index (χ2v) is 7.46. The second kappa shape index (κ2) is 9.06. The third-order valence-electron chi connectivity index (χ3n) is 4.12. The molecule has 7 heteroatoms. The fourth-order valence-electron chi connectivity index (χ4n) is 2.72. The number of carbonyl (C=O) groups is 1. The minimum Gasteiger partial charge on any atom is -0.341 e. The molecule has 3 aromatic rings. The Morgan fingerprint density at radius 1 is 1.15 bits per heavy atom. The molecule has 0 N–H and O–H groups in total. The largest absolute Gasteiger partial charge is 0.341 e. The van der Waals surface area contributed by atoms with Gasteiger partial charge in [-0.25, -0.2) is 0 Å². The molecule has 5 nitrogen and oxygen atoms in total. The fourth-order valence-corrected chi connectivity index (χ4v) is 3.87. The first kappa shape index (κ1) is 19.5. The molecule has 0 unspecified atom stereocenters. The Hall–Kier alpha value is -2.31. The number of hydrogen-bond acceptors (Lipinski definition) is 4. The van der Waals surface area contributed by atoms with Crippen LogP contribution in [-0.2, 0) is 17.9 Å². The fraction of sp³-hybridized carbons (Fsp3) is 0.250. The van der Waals surface area contributed by atoms with Crippen molar-refractivity contribution in [3.05, 3.63) is 65.2 Å². The van der Waals surface area contributed by atoms with Crippen LogP contribution in [0, 0.1) is 0 Å². The summed E-state index contributed by atoms with van der Waals surface area (Å²) in [6.07, 6.45) is 0. The highest BCUT2D eigenvalue weighted by molar-refractivity contribution is 7.99. The molecule has 0 spiro atoms. The Bertz CT molecular complexity index is 913. The Morgan fingerprint density at radius 3 is 2.63 bits per heavy atom. The minimum atomic E-state index is 0.0342. The smallest absolute Gasteiger partial charge is 0.233 e. The molecule has 0 saturated carbocycles. The van der Waals surface area contributed by atoms with Gasteiger partial charge in [0.05, 0.1) is 5.75 Å². The highest BCUT2D eigenvalue weighted by Crippen LogP contribution is 2.24. The number of aromatic nitrogens is 3. The molecule has 0 aliphatic heterocycles. The highest BCUT2D eigenvalue weighted by atomic mass is 35.5. The van der Waals surface area contributed by atoms with Gasteiger partial charge in [-0.1, -0.05) is 65.8 Å². The summed E-state index contributed by atoms with van der Waals surface area (Å²) >= 11 is 7.42. The number of nitrogens with zero attached hydrogens (tertiary/aromatic N) is 4. The van der Waals surface area contributed by atoms with Gasteiger partial charge in [0.1, 0.15) is 0 Å². The molecule has 0 atom stereocenters. The molecule has 0 aliphatic rings. The molecular weight excluding hydrogens is 380 g/mol. The van der Waals surface area contributed by atoms with Crippen molar-refractivity contribution in [3.8, 4) is 11.4 Å². The topological polar surface area (TPSA) is 51.0 Å². The summed E-state index contributed by atoms with van der Waals surface area (Å²) in [6.45, 7) is 3.31. The first-order chi connectivity index (χ1) is 13.1. The molecule has 2 aromatic carbocycles. The summed E-state index contributed by atoms with van der Waals surface area (Å²) in [5.41, 5.74) is 2.02. The number of amides is 1. The van der Waals surface area contributed by atoms with Crippen LogP contribution in [0.3, 0.4) is 0 Å². The minimum absolute atomic E-state index is 0.0342. The zero-order valence-electron chi connectivity index (χ0n) is 15.3. The predicted molar refractivity (Wildman–Crippen MR) is 110 cm³/mol. The van der Waals surface area contributed by atoms with Gasteiger partial charge in [-0.05, 0) is 24.6 Å². The van der Waals surface area contributed by atoms with Crippen LogP contribution in [0.1, 0.15) is 12.5 Å². The van der Waals surface area contributed by atoms with Crippen molar-refractivity contribution in [1.82, 2.24) is 19.7 Å². The van der Waals surface area contributed by atoms with Crippen molar-refractivity contribution in [2.45, 2.75) is 25.2 Å². The predicted octanol–water partition coefficient (Wildman–Crippen LogP) is 4.37. The lowest BCUT2D eigenvalue weighted by Gasteiger charge is -2.17. The van der Waals surface area contributed by atoms with E-state index in [1.807, 2.05) is 66.1 Å². The van der Waals surface area contributed by atoms with Crippen molar-refractivity contribution >= 4 is 29.3 Å². The summed E-state index contributed by atoms with van der Waals surface area (Å²) in [7, 11) is 1.80. The maximum atomic E-state index is 12.5. The highest BCUT2D eigenvalue weighted by Gasteiger charge is 2.16. The van der Waals surface area contributed by atoms with E-state index in [9.17, 15) is 4.79 Å². The summed E-state index contributed by atoms with van der Waals surface area (Å²) < 4.78 is 2.03. The van der Waals surface area contributed by atoms with Crippen molar-refractivity contribution in [1.29, 1.82) is 0 Å². The number of thioether (sulfide) groups is 1. The molecule has 0 bridgehead atoms. The second-order valence-electron chi connectivity index (χ2n) is 6.08. The molecule has 3 rings (SSSR count). The van der Waals surface area contributed by atoms with Gasteiger partial charge in [-0.3, -0.25) is 4.79 Å². The number of hydrogen-bond donors (Lipinski definition) is 0. The lowest BCUT2D eigenvalue weighted by Crippen LogP contribution is -2.27. The van der Waals surface area contributed by atoms with Crippen LogP contribution >= 0.6 is 23.4 Å². The van der Waals surface area contributed by atoms with Crippen LogP contribution in [0.4, 0.5) is 0 Å². The summed E-state index contributed by atoms with van der Waals surface area (Å²) in [4.78, 5) is 14.2. The zero-order chi connectivity index (χ0) is 19.2. The summed E-state index contributed by atoms with van der Waals surface area (Å²) in [5, 5.41) is 10.0. The maximum Gasteiger partial charge on any atom is 0.233 e. The van der Waals surface area contributed by atoms with Crippen molar-refractivity contribution in [2.24, 2.45) is 0 Å². The standard InChI is InChI=1S/C20H21ClN4OS/c1-3-25-19(16-9-5-4-6-10-16)22-23-20(25)27-14-18(26)24(2)13-15-8-7-11-17(21)12-15/h4-12H,3,13-14H2,1-2H3. The van der Waals surface area contributed by atoms with Crippen molar-refractivity contribution in [3.63, 3.8) is 0 Å². The van der Waals surface area contributed by atoms with Gasteiger partial charge in [0.2, 0.25) is 5.91 Å². The molecule has 0 aliphatic carbocycles. The average molecular weight is 401 g/mol. The van der Waals surface area contributed by atoms with Crippen LogP contribution in [0.2, 0.25) is 5.02 Å². The zero-order valence-corrected chi connectivity index (χ0v) is 16.9. The Morgan fingerprint density at radius 2 is 1.93 bits per heavy atom. The van der Waals surface area contributed by atoms with E-state index in [4.69, 9.17) is 11.6 Å². The quantitative estimate of drug-likeness (QED) is 0.552. The number of rotatable bonds is 7. The van der Waals surface area contributed by atoms with E-state index >= 15 is 0 Å². The van der Waals surface area contributed by atoms with Crippen LogP contribution in [0.25, 0.3) is 11.4 Å².